The molecular weight excluding hydrogens is 290 g/mol. The molecule has 0 aromatic heterocycles. The van der Waals surface area contributed by atoms with Gasteiger partial charge in [0, 0.05) is 6.08 Å². The number of rotatable bonds is 5. The Kier molecular flexibility index (Phi) is 5.69. The van der Waals surface area contributed by atoms with E-state index in [1.807, 2.05) is 31.2 Å². The molecule has 0 unspecified atom stereocenters. The standard InChI is InChI=1S/C19H19NO3/c1-3-23-19(22)16-6-4-5-7-17(16)20-18(21)13-12-15-10-8-14(2)9-11-15/h4-13H,3H2,1-2H3,(H,20,21). The molecule has 0 aliphatic heterocycles. The van der Waals surface area contributed by atoms with E-state index in [9.17, 15) is 9.59 Å². The largest absolute Gasteiger partial charge is 0.462 e. The number of carbonyl (C=O) groups is 2. The van der Waals surface area contributed by atoms with Gasteiger partial charge in [-0.05, 0) is 37.6 Å². The van der Waals surface area contributed by atoms with Crippen LogP contribution in [-0.4, -0.2) is 18.5 Å². The number of hydrogen-bond acceptors (Lipinski definition) is 3. The van der Waals surface area contributed by atoms with Crippen LogP contribution in [0.4, 0.5) is 5.69 Å². The zero-order valence-electron chi connectivity index (χ0n) is 13.2. The van der Waals surface area contributed by atoms with Gasteiger partial charge in [-0.1, -0.05) is 42.0 Å². The normalized spacial score (nSPS) is 10.5. The first-order chi connectivity index (χ1) is 11.1. The molecule has 0 fully saturated rings. The first-order valence-corrected chi connectivity index (χ1v) is 7.42. The fraction of sp³-hybridized carbons (Fsp3) is 0.158. The molecule has 2 rings (SSSR count). The lowest BCUT2D eigenvalue weighted by molar-refractivity contribution is -0.111. The molecular formula is C19H19NO3. The van der Waals surface area contributed by atoms with Crippen LogP contribution >= 0.6 is 0 Å². The van der Waals surface area contributed by atoms with E-state index in [1.165, 1.54) is 6.08 Å². The number of carbonyl (C=O) groups excluding carboxylic acids is 2. The molecule has 0 saturated carbocycles. The molecule has 0 bridgehead atoms. The lowest BCUT2D eigenvalue weighted by Crippen LogP contribution is -2.13. The number of nitrogens with one attached hydrogen (secondary N) is 1. The zero-order chi connectivity index (χ0) is 16.7. The van der Waals surface area contributed by atoms with Gasteiger partial charge in [0.2, 0.25) is 5.91 Å². The smallest absolute Gasteiger partial charge is 0.340 e. The maximum absolute atomic E-state index is 12.0. The predicted molar refractivity (Wildman–Crippen MR) is 91.2 cm³/mol. The van der Waals surface area contributed by atoms with Crippen molar-refractivity contribution in [2.24, 2.45) is 0 Å². The third-order valence-electron chi connectivity index (χ3n) is 3.18. The van der Waals surface area contributed by atoms with Crippen molar-refractivity contribution in [3.8, 4) is 0 Å². The van der Waals surface area contributed by atoms with Gasteiger partial charge in [0.25, 0.3) is 0 Å². The number of amides is 1. The minimum absolute atomic E-state index is 0.286. The number of anilines is 1. The van der Waals surface area contributed by atoms with Crippen LogP contribution in [0.3, 0.4) is 0 Å². The summed E-state index contributed by atoms with van der Waals surface area (Å²) < 4.78 is 4.98. The highest BCUT2D eigenvalue weighted by Crippen LogP contribution is 2.16. The topological polar surface area (TPSA) is 55.4 Å². The van der Waals surface area contributed by atoms with E-state index in [-0.39, 0.29) is 12.5 Å². The fourth-order valence-electron chi connectivity index (χ4n) is 2.00. The zero-order valence-corrected chi connectivity index (χ0v) is 13.2. The summed E-state index contributed by atoms with van der Waals surface area (Å²) in [5.74, 6) is -0.756. The van der Waals surface area contributed by atoms with Gasteiger partial charge in [-0.25, -0.2) is 4.79 Å². The Morgan fingerprint density at radius 3 is 2.48 bits per heavy atom. The van der Waals surface area contributed by atoms with Crippen molar-refractivity contribution in [3.63, 3.8) is 0 Å². The molecule has 2 aromatic rings. The molecule has 1 N–H and O–H groups in total. The van der Waals surface area contributed by atoms with Gasteiger partial charge in [0.15, 0.2) is 0 Å². The molecule has 4 nitrogen and oxygen atoms in total. The first kappa shape index (κ1) is 16.5. The molecule has 118 valence electrons. The van der Waals surface area contributed by atoms with Crippen LogP contribution in [-0.2, 0) is 9.53 Å². The lowest BCUT2D eigenvalue weighted by Gasteiger charge is -2.08. The van der Waals surface area contributed by atoms with Crippen molar-refractivity contribution in [3.05, 3.63) is 71.3 Å². The van der Waals surface area contributed by atoms with E-state index in [0.29, 0.717) is 11.3 Å². The average molecular weight is 309 g/mol. The molecule has 4 heteroatoms. The number of benzene rings is 2. The van der Waals surface area contributed by atoms with E-state index < -0.39 is 5.97 Å². The van der Waals surface area contributed by atoms with Gasteiger partial charge >= 0.3 is 5.97 Å². The first-order valence-electron chi connectivity index (χ1n) is 7.42. The van der Waals surface area contributed by atoms with E-state index >= 15 is 0 Å². The number of ether oxygens (including phenoxy) is 1. The third kappa shape index (κ3) is 4.81. The summed E-state index contributed by atoms with van der Waals surface area (Å²) in [6.07, 6.45) is 3.16. The van der Waals surface area contributed by atoms with Crippen molar-refractivity contribution in [2.45, 2.75) is 13.8 Å². The number of hydrogen-bond donors (Lipinski definition) is 1. The summed E-state index contributed by atoms with van der Waals surface area (Å²) in [6, 6.07) is 14.6. The monoisotopic (exact) mass is 309 g/mol. The quantitative estimate of drug-likeness (QED) is 0.674. The van der Waals surface area contributed by atoms with Gasteiger partial charge in [-0.2, -0.15) is 0 Å². The summed E-state index contributed by atoms with van der Waals surface area (Å²) in [5.41, 5.74) is 2.87. The molecule has 2 aromatic carbocycles. The Morgan fingerprint density at radius 1 is 1.09 bits per heavy atom. The van der Waals surface area contributed by atoms with E-state index in [4.69, 9.17) is 4.74 Å². The number of para-hydroxylation sites is 1. The van der Waals surface area contributed by atoms with E-state index in [1.54, 1.807) is 37.3 Å². The predicted octanol–water partition coefficient (Wildman–Crippen LogP) is 3.82. The van der Waals surface area contributed by atoms with Crippen LogP contribution in [0.15, 0.2) is 54.6 Å². The van der Waals surface area contributed by atoms with Crippen molar-refractivity contribution in [2.75, 3.05) is 11.9 Å². The van der Waals surface area contributed by atoms with Crippen molar-refractivity contribution >= 4 is 23.6 Å². The van der Waals surface area contributed by atoms with Gasteiger partial charge in [0.05, 0.1) is 17.9 Å². The van der Waals surface area contributed by atoms with E-state index in [2.05, 4.69) is 5.32 Å². The van der Waals surface area contributed by atoms with Gasteiger partial charge in [-0.15, -0.1) is 0 Å². The highest BCUT2D eigenvalue weighted by molar-refractivity contribution is 6.06. The van der Waals surface area contributed by atoms with Gasteiger partial charge < -0.3 is 10.1 Å². The number of esters is 1. The van der Waals surface area contributed by atoms with Crippen LogP contribution in [0.2, 0.25) is 0 Å². The lowest BCUT2D eigenvalue weighted by atomic mass is 10.1. The van der Waals surface area contributed by atoms with E-state index in [0.717, 1.165) is 11.1 Å². The third-order valence-corrected chi connectivity index (χ3v) is 3.18. The molecule has 0 saturated heterocycles. The second kappa shape index (κ2) is 7.94. The molecule has 0 heterocycles. The Hall–Kier alpha value is -2.88. The summed E-state index contributed by atoms with van der Waals surface area (Å²) in [6.45, 7) is 4.03. The van der Waals surface area contributed by atoms with Crippen molar-refractivity contribution < 1.29 is 14.3 Å². The van der Waals surface area contributed by atoms with Crippen LogP contribution in [0.1, 0.15) is 28.4 Å². The molecule has 0 spiro atoms. The molecule has 23 heavy (non-hydrogen) atoms. The SMILES string of the molecule is CCOC(=O)c1ccccc1NC(=O)C=Cc1ccc(C)cc1. The number of aryl methyl sites for hydroxylation is 1. The summed E-state index contributed by atoms with van der Waals surface area (Å²) in [7, 11) is 0. The van der Waals surface area contributed by atoms with Crippen LogP contribution in [0.5, 0.6) is 0 Å². The highest BCUT2D eigenvalue weighted by Gasteiger charge is 2.12. The highest BCUT2D eigenvalue weighted by atomic mass is 16.5. The van der Waals surface area contributed by atoms with Crippen LogP contribution < -0.4 is 5.32 Å². The van der Waals surface area contributed by atoms with Gasteiger partial charge in [-0.3, -0.25) is 4.79 Å². The molecule has 0 atom stereocenters. The fourth-order valence-corrected chi connectivity index (χ4v) is 2.00. The molecule has 1 amide bonds. The van der Waals surface area contributed by atoms with Gasteiger partial charge in [0.1, 0.15) is 0 Å². The Morgan fingerprint density at radius 2 is 1.78 bits per heavy atom. The van der Waals surface area contributed by atoms with Crippen molar-refractivity contribution in [1.82, 2.24) is 0 Å². The summed E-state index contributed by atoms with van der Waals surface area (Å²) in [5, 5.41) is 2.70. The Labute approximate surface area is 135 Å². The van der Waals surface area contributed by atoms with Crippen LogP contribution in [0, 0.1) is 6.92 Å². The second-order valence-corrected chi connectivity index (χ2v) is 5.00. The maximum atomic E-state index is 12.0. The molecule has 0 aliphatic carbocycles. The second-order valence-electron chi connectivity index (χ2n) is 5.00. The molecule has 0 radical (unpaired) electrons. The maximum Gasteiger partial charge on any atom is 0.340 e. The van der Waals surface area contributed by atoms with Crippen molar-refractivity contribution in [1.29, 1.82) is 0 Å². The summed E-state index contributed by atoms with van der Waals surface area (Å²) >= 11 is 0. The van der Waals surface area contributed by atoms with Crippen LogP contribution in [0.25, 0.3) is 6.08 Å². The Balaban J connectivity index is 2.08. The minimum Gasteiger partial charge on any atom is -0.462 e. The summed E-state index contributed by atoms with van der Waals surface area (Å²) in [4.78, 5) is 23.9. The molecule has 0 aliphatic rings. The minimum atomic E-state index is -0.453. The average Bonchev–Trinajstić information content (AvgIpc) is 2.55. The Bertz CT molecular complexity index is 718.